The van der Waals surface area contributed by atoms with Crippen molar-refractivity contribution in [2.24, 2.45) is 0 Å². The molecule has 0 aliphatic carbocycles. The van der Waals surface area contributed by atoms with Gasteiger partial charge in [0.15, 0.2) is 0 Å². The summed E-state index contributed by atoms with van der Waals surface area (Å²) in [6.07, 6.45) is 5.14. The van der Waals surface area contributed by atoms with Gasteiger partial charge in [-0.05, 0) is 13.8 Å². The highest BCUT2D eigenvalue weighted by atomic mass is 16.5. The van der Waals surface area contributed by atoms with E-state index < -0.39 is 0 Å². The fraction of sp³-hybridized carbons (Fsp3) is 0.778. The van der Waals surface area contributed by atoms with Crippen LogP contribution in [0.25, 0.3) is 0 Å². The molecule has 3 atom stereocenters. The van der Waals surface area contributed by atoms with E-state index in [1.807, 2.05) is 6.92 Å². The first-order valence-electron chi connectivity index (χ1n) is 4.30. The highest BCUT2D eigenvalue weighted by molar-refractivity contribution is 4.92. The maximum absolute atomic E-state index is 5.48. The smallest absolute Gasteiger partial charge is 0.122 e. The lowest BCUT2D eigenvalue weighted by molar-refractivity contribution is -0.00631. The standard InChI is InChI=1S/C9H16N2O/c1-4-8(3)12-9-6-10-7(2)5-11-9/h1,7-11H,5-6H2,2-3H3/t7-,8+,9?/m1/s1. The van der Waals surface area contributed by atoms with Crippen molar-refractivity contribution in [2.75, 3.05) is 13.1 Å². The van der Waals surface area contributed by atoms with Gasteiger partial charge in [-0.15, -0.1) is 6.42 Å². The topological polar surface area (TPSA) is 33.3 Å². The Kier molecular flexibility index (Phi) is 3.54. The van der Waals surface area contributed by atoms with E-state index in [2.05, 4.69) is 23.5 Å². The molecule has 0 aromatic heterocycles. The number of terminal acetylenes is 1. The second-order valence-electron chi connectivity index (χ2n) is 3.15. The Morgan fingerprint density at radius 1 is 1.50 bits per heavy atom. The third-order valence-electron chi connectivity index (χ3n) is 1.91. The summed E-state index contributed by atoms with van der Waals surface area (Å²) in [5.41, 5.74) is 0. The average molecular weight is 168 g/mol. The van der Waals surface area contributed by atoms with E-state index in [0.29, 0.717) is 6.04 Å². The molecule has 68 valence electrons. The van der Waals surface area contributed by atoms with Crippen molar-refractivity contribution in [1.29, 1.82) is 0 Å². The zero-order valence-electron chi connectivity index (χ0n) is 7.63. The van der Waals surface area contributed by atoms with E-state index in [4.69, 9.17) is 11.2 Å². The number of rotatable bonds is 2. The van der Waals surface area contributed by atoms with Crippen LogP contribution in [0, 0.1) is 12.3 Å². The summed E-state index contributed by atoms with van der Waals surface area (Å²) < 4.78 is 5.48. The van der Waals surface area contributed by atoms with Crippen LogP contribution in [0.3, 0.4) is 0 Å². The molecule has 3 heteroatoms. The molecule has 1 unspecified atom stereocenters. The summed E-state index contributed by atoms with van der Waals surface area (Å²) in [6, 6.07) is 0.519. The van der Waals surface area contributed by atoms with Gasteiger partial charge in [-0.3, -0.25) is 5.32 Å². The molecule has 1 fully saturated rings. The zero-order valence-corrected chi connectivity index (χ0v) is 7.63. The first kappa shape index (κ1) is 9.53. The van der Waals surface area contributed by atoms with E-state index in [1.54, 1.807) is 0 Å². The highest BCUT2D eigenvalue weighted by Gasteiger charge is 2.17. The Labute approximate surface area is 73.9 Å². The van der Waals surface area contributed by atoms with Crippen LogP contribution < -0.4 is 10.6 Å². The van der Waals surface area contributed by atoms with Gasteiger partial charge in [-0.25, -0.2) is 0 Å². The Morgan fingerprint density at radius 3 is 2.75 bits per heavy atom. The molecule has 1 heterocycles. The van der Waals surface area contributed by atoms with Crippen LogP contribution in [-0.4, -0.2) is 31.5 Å². The fourth-order valence-corrected chi connectivity index (χ4v) is 1.14. The molecule has 1 aliphatic rings. The first-order chi connectivity index (χ1) is 5.72. The van der Waals surface area contributed by atoms with Crippen LogP contribution in [-0.2, 0) is 4.74 Å². The van der Waals surface area contributed by atoms with Crippen LogP contribution in [0.5, 0.6) is 0 Å². The van der Waals surface area contributed by atoms with E-state index >= 15 is 0 Å². The largest absolute Gasteiger partial charge is 0.346 e. The summed E-state index contributed by atoms with van der Waals surface area (Å²) in [7, 11) is 0. The Morgan fingerprint density at radius 2 is 2.25 bits per heavy atom. The van der Waals surface area contributed by atoms with Gasteiger partial charge in [0.25, 0.3) is 0 Å². The number of piperazine rings is 1. The number of ether oxygens (including phenoxy) is 1. The molecule has 1 aliphatic heterocycles. The second kappa shape index (κ2) is 4.46. The molecule has 0 bridgehead atoms. The maximum Gasteiger partial charge on any atom is 0.122 e. The summed E-state index contributed by atoms with van der Waals surface area (Å²) in [5, 5.41) is 6.56. The van der Waals surface area contributed by atoms with Gasteiger partial charge in [-0.2, -0.15) is 0 Å². The molecule has 0 spiro atoms. The second-order valence-corrected chi connectivity index (χ2v) is 3.15. The van der Waals surface area contributed by atoms with Crippen LogP contribution >= 0.6 is 0 Å². The molecule has 1 rings (SSSR count). The molecular weight excluding hydrogens is 152 g/mol. The van der Waals surface area contributed by atoms with Gasteiger partial charge in [0.05, 0.1) is 0 Å². The van der Waals surface area contributed by atoms with E-state index in [-0.39, 0.29) is 12.3 Å². The van der Waals surface area contributed by atoms with Crippen LogP contribution in [0.15, 0.2) is 0 Å². The van der Waals surface area contributed by atoms with Gasteiger partial charge in [0.1, 0.15) is 12.3 Å². The lowest BCUT2D eigenvalue weighted by Gasteiger charge is -2.29. The van der Waals surface area contributed by atoms with Gasteiger partial charge in [0, 0.05) is 19.1 Å². The molecular formula is C9H16N2O. The number of nitrogens with one attached hydrogen (secondary N) is 2. The molecule has 0 amide bonds. The van der Waals surface area contributed by atoms with Crippen LogP contribution in [0.4, 0.5) is 0 Å². The molecule has 0 radical (unpaired) electrons. The number of hydrogen-bond donors (Lipinski definition) is 2. The van der Waals surface area contributed by atoms with E-state index in [1.165, 1.54) is 0 Å². The zero-order chi connectivity index (χ0) is 8.97. The molecule has 3 nitrogen and oxygen atoms in total. The monoisotopic (exact) mass is 168 g/mol. The summed E-state index contributed by atoms with van der Waals surface area (Å²) in [5.74, 6) is 2.53. The average Bonchev–Trinajstić information content (AvgIpc) is 2.09. The highest BCUT2D eigenvalue weighted by Crippen LogP contribution is 1.98. The van der Waals surface area contributed by atoms with E-state index in [9.17, 15) is 0 Å². The fourth-order valence-electron chi connectivity index (χ4n) is 1.14. The molecule has 0 aromatic rings. The van der Waals surface area contributed by atoms with Crippen molar-refractivity contribution < 1.29 is 4.74 Å². The van der Waals surface area contributed by atoms with E-state index in [0.717, 1.165) is 13.1 Å². The summed E-state index contributed by atoms with van der Waals surface area (Å²) in [6.45, 7) is 5.77. The van der Waals surface area contributed by atoms with Crippen LogP contribution in [0.2, 0.25) is 0 Å². The minimum absolute atomic E-state index is 0.0623. The van der Waals surface area contributed by atoms with Crippen molar-refractivity contribution in [3.63, 3.8) is 0 Å². The lowest BCUT2D eigenvalue weighted by Crippen LogP contribution is -2.54. The Hall–Kier alpha value is -0.560. The molecule has 2 N–H and O–H groups in total. The third kappa shape index (κ3) is 2.82. The Balaban J connectivity index is 2.22. The molecule has 0 saturated carbocycles. The predicted octanol–water partition coefficient (Wildman–Crippen LogP) is -0.0679. The lowest BCUT2D eigenvalue weighted by atomic mass is 10.2. The van der Waals surface area contributed by atoms with Crippen molar-refractivity contribution in [1.82, 2.24) is 10.6 Å². The normalized spacial score (nSPS) is 32.4. The van der Waals surface area contributed by atoms with Crippen molar-refractivity contribution in [2.45, 2.75) is 32.2 Å². The van der Waals surface area contributed by atoms with Gasteiger partial charge >= 0.3 is 0 Å². The Bertz CT molecular complexity index is 168. The van der Waals surface area contributed by atoms with Gasteiger partial charge in [-0.1, -0.05) is 5.92 Å². The third-order valence-corrected chi connectivity index (χ3v) is 1.91. The van der Waals surface area contributed by atoms with Crippen molar-refractivity contribution in [3.8, 4) is 12.3 Å². The molecule has 0 aromatic carbocycles. The quantitative estimate of drug-likeness (QED) is 0.566. The molecule has 1 saturated heterocycles. The maximum atomic E-state index is 5.48. The van der Waals surface area contributed by atoms with Crippen molar-refractivity contribution in [3.05, 3.63) is 0 Å². The summed E-state index contributed by atoms with van der Waals surface area (Å²) in [4.78, 5) is 0. The van der Waals surface area contributed by atoms with Gasteiger partial charge < -0.3 is 10.1 Å². The first-order valence-corrected chi connectivity index (χ1v) is 4.30. The SMILES string of the molecule is C#C[C@H](C)OC1CN[C@H](C)CN1. The van der Waals surface area contributed by atoms with Crippen molar-refractivity contribution >= 4 is 0 Å². The summed E-state index contributed by atoms with van der Waals surface area (Å²) >= 11 is 0. The van der Waals surface area contributed by atoms with Gasteiger partial charge in [0.2, 0.25) is 0 Å². The molecule has 12 heavy (non-hydrogen) atoms. The van der Waals surface area contributed by atoms with Crippen LogP contribution in [0.1, 0.15) is 13.8 Å². The minimum Gasteiger partial charge on any atom is -0.346 e. The number of hydrogen-bond acceptors (Lipinski definition) is 3. The predicted molar refractivity (Wildman–Crippen MR) is 48.6 cm³/mol. The minimum atomic E-state index is -0.113.